The Labute approximate surface area is 430 Å². The van der Waals surface area contributed by atoms with Crippen molar-refractivity contribution in [3.63, 3.8) is 0 Å². The number of hydrogen-bond acceptors (Lipinski definition) is 4. The SMILES string of the molecule is CCC(CC)C(=O)/C=C(\O)C(CC)CC.[2H]c1nc(-c2[c-]c(C)cc(C(C)(C)C)c2)c2ccc(C3CCCC3)cc2c1[2H].[2H]c1nc(-c2[c-]c(C)cc(C(C)(C)C)c2)c2ccc(C3CCCC3)cc2c1[2H].[Ir]. The van der Waals surface area contributed by atoms with Crippen LogP contribution in [0.4, 0.5) is 0 Å². The Balaban J connectivity index is 0.000000210. The van der Waals surface area contributed by atoms with Gasteiger partial charge in [-0.3, -0.25) is 4.79 Å². The van der Waals surface area contributed by atoms with Gasteiger partial charge in [0.1, 0.15) is 0 Å². The van der Waals surface area contributed by atoms with Crippen molar-refractivity contribution in [2.24, 2.45) is 11.8 Å². The van der Waals surface area contributed by atoms with Crippen molar-refractivity contribution in [2.75, 3.05) is 0 Å². The molecular formula is C63H80IrN2O2-2. The van der Waals surface area contributed by atoms with Crippen LogP contribution in [0.2, 0.25) is 0 Å². The molecule has 2 saturated carbocycles. The van der Waals surface area contributed by atoms with Crippen LogP contribution in [0.3, 0.4) is 0 Å². The van der Waals surface area contributed by atoms with Gasteiger partial charge in [-0.25, -0.2) is 0 Å². The monoisotopic (exact) mass is 1090 g/mol. The fourth-order valence-corrected chi connectivity index (χ4v) is 9.92. The first-order valence-corrected chi connectivity index (χ1v) is 25.4. The number of nitrogens with zero attached hydrogens (tertiary/aromatic N) is 2. The zero-order chi connectivity index (χ0) is 51.9. The Hall–Kier alpha value is -4.44. The van der Waals surface area contributed by atoms with Crippen LogP contribution in [0.15, 0.2) is 96.9 Å². The van der Waals surface area contributed by atoms with Gasteiger partial charge in [-0.05, 0) is 130 Å². The third-order valence-corrected chi connectivity index (χ3v) is 14.3. The van der Waals surface area contributed by atoms with Crippen LogP contribution in [-0.2, 0) is 35.7 Å². The number of hydrogen-bond donors (Lipinski definition) is 1. The van der Waals surface area contributed by atoms with Gasteiger partial charge in [-0.15, -0.1) is 69.8 Å². The Bertz CT molecular complexity index is 2690. The quantitative estimate of drug-likeness (QED) is 0.0798. The maximum absolute atomic E-state index is 11.7. The van der Waals surface area contributed by atoms with E-state index in [9.17, 15) is 9.90 Å². The number of aromatic nitrogens is 2. The molecule has 0 amide bonds. The summed E-state index contributed by atoms with van der Waals surface area (Å²) in [5, 5.41) is 13.3. The summed E-state index contributed by atoms with van der Waals surface area (Å²) in [4.78, 5) is 20.7. The maximum atomic E-state index is 11.7. The van der Waals surface area contributed by atoms with Gasteiger partial charge < -0.3 is 15.1 Å². The fourth-order valence-electron chi connectivity index (χ4n) is 9.92. The molecule has 0 aliphatic heterocycles. The summed E-state index contributed by atoms with van der Waals surface area (Å²) in [6, 6.07) is 28.8. The molecule has 68 heavy (non-hydrogen) atoms. The number of aliphatic hydroxyl groups excluding tert-OH is 1. The van der Waals surface area contributed by atoms with Crippen LogP contribution in [0.25, 0.3) is 44.1 Å². The van der Waals surface area contributed by atoms with Gasteiger partial charge in [-0.2, -0.15) is 0 Å². The predicted molar refractivity (Wildman–Crippen MR) is 285 cm³/mol. The van der Waals surface area contributed by atoms with Gasteiger partial charge in [0.2, 0.25) is 0 Å². The third kappa shape index (κ3) is 13.9. The Kier molecular flexibility index (Phi) is 17.4. The number of carbonyl (C=O) groups excluding carboxylic acids is 1. The van der Waals surface area contributed by atoms with Gasteiger partial charge in [0.15, 0.2) is 5.78 Å². The van der Waals surface area contributed by atoms with Gasteiger partial charge in [0, 0.05) is 50.4 Å². The summed E-state index contributed by atoms with van der Waals surface area (Å²) < 4.78 is 33.5. The molecule has 2 aliphatic carbocycles. The van der Waals surface area contributed by atoms with Crippen molar-refractivity contribution in [1.82, 2.24) is 9.97 Å². The molecule has 4 aromatic carbocycles. The summed E-state index contributed by atoms with van der Waals surface area (Å²) in [6.45, 7) is 25.4. The first-order chi connectivity index (χ1) is 33.6. The smallest absolute Gasteiger partial charge is 0.162 e. The van der Waals surface area contributed by atoms with Gasteiger partial charge in [0.05, 0.1) is 11.2 Å². The van der Waals surface area contributed by atoms with E-state index in [2.05, 4.69) is 138 Å². The average Bonchev–Trinajstić information content (AvgIpc) is 4.08. The molecular weight excluding hydrogens is 1010 g/mol. The van der Waals surface area contributed by atoms with E-state index in [4.69, 9.17) is 5.48 Å². The van der Waals surface area contributed by atoms with E-state index in [1.807, 2.05) is 27.7 Å². The van der Waals surface area contributed by atoms with E-state index < -0.39 is 0 Å². The molecule has 0 bridgehead atoms. The Morgan fingerprint density at radius 3 is 1.38 bits per heavy atom. The summed E-state index contributed by atoms with van der Waals surface area (Å²) in [6.07, 6.45) is 15.0. The van der Waals surface area contributed by atoms with Crippen molar-refractivity contribution in [3.8, 4) is 22.5 Å². The normalized spacial score (nSPS) is 15.6. The minimum absolute atomic E-state index is 0. The van der Waals surface area contributed by atoms with E-state index in [1.165, 1.54) is 79.7 Å². The topological polar surface area (TPSA) is 63.1 Å². The molecule has 0 spiro atoms. The second-order valence-electron chi connectivity index (χ2n) is 21.4. The second kappa shape index (κ2) is 24.4. The second-order valence-corrected chi connectivity index (χ2v) is 21.4. The minimum atomic E-state index is 0. The van der Waals surface area contributed by atoms with E-state index in [1.54, 1.807) is 0 Å². The number of fused-ring (bicyclic) bond motifs is 2. The number of ketones is 1. The minimum Gasteiger partial charge on any atom is -0.512 e. The van der Waals surface area contributed by atoms with Gasteiger partial charge in [-0.1, -0.05) is 145 Å². The first kappa shape index (κ1) is 48.6. The molecule has 1 radical (unpaired) electrons. The van der Waals surface area contributed by atoms with E-state index >= 15 is 0 Å². The van der Waals surface area contributed by atoms with E-state index in [-0.39, 0.29) is 78.7 Å². The standard InChI is InChI=1S/2C25H28N.C13H24O2.Ir/c2*1-17-13-21(16-22(14-17)25(2,3)4)24-23-10-9-19(18-7-5-6-8-18)15-20(23)11-12-26-24;1-5-10(6-2)12(14)9-13(15)11(7-3)8-4;/h2*9-12,14-16,18H,5-8H2,1-4H3;9-11,14H,5-8H2,1-4H3;/q2*-1;;/b;;12-9-;/i2*11D,12D;;. The van der Waals surface area contributed by atoms with Crippen molar-refractivity contribution < 1.29 is 35.5 Å². The average molecular weight is 1090 g/mol. The summed E-state index contributed by atoms with van der Waals surface area (Å²) >= 11 is 0. The molecule has 8 rings (SSSR count). The van der Waals surface area contributed by atoms with Crippen molar-refractivity contribution in [3.05, 3.63) is 142 Å². The molecule has 1 N–H and O–H groups in total. The van der Waals surface area contributed by atoms with Crippen LogP contribution in [0.1, 0.15) is 197 Å². The third-order valence-electron chi connectivity index (χ3n) is 14.3. The number of aryl methyl sites for hydroxylation is 2. The molecule has 2 aromatic heterocycles. The number of rotatable bonds is 11. The number of benzene rings is 4. The molecule has 2 aliphatic rings. The zero-order valence-corrected chi connectivity index (χ0v) is 45.6. The molecule has 4 nitrogen and oxygen atoms in total. The molecule has 2 fully saturated rings. The maximum Gasteiger partial charge on any atom is 0.162 e. The van der Waals surface area contributed by atoms with Crippen LogP contribution in [-0.4, -0.2) is 20.9 Å². The van der Waals surface area contributed by atoms with Gasteiger partial charge in [0.25, 0.3) is 0 Å². The van der Waals surface area contributed by atoms with Crippen molar-refractivity contribution in [2.45, 2.75) is 183 Å². The Morgan fingerprint density at radius 2 is 1.03 bits per heavy atom. The van der Waals surface area contributed by atoms with E-state index in [0.29, 0.717) is 11.8 Å². The molecule has 0 unspecified atom stereocenters. The summed E-state index contributed by atoms with van der Waals surface area (Å²) in [5.41, 5.74) is 10.6. The number of pyridine rings is 2. The molecule has 5 heteroatoms. The van der Waals surface area contributed by atoms with Crippen molar-refractivity contribution in [1.29, 1.82) is 0 Å². The molecule has 365 valence electrons. The molecule has 6 aromatic rings. The Morgan fingerprint density at radius 1 is 0.647 bits per heavy atom. The number of carbonyl (C=O) groups is 1. The number of allylic oxidation sites excluding steroid dienone is 2. The predicted octanol–water partition coefficient (Wildman–Crippen LogP) is 17.8. The van der Waals surface area contributed by atoms with Crippen LogP contribution < -0.4 is 0 Å². The largest absolute Gasteiger partial charge is 0.512 e. The zero-order valence-electron chi connectivity index (χ0n) is 47.2. The molecule has 2 heterocycles. The fraction of sp³-hybridized carbons (Fsp3) is 0.476. The van der Waals surface area contributed by atoms with Crippen LogP contribution in [0.5, 0.6) is 0 Å². The number of aliphatic hydroxyl groups is 1. The van der Waals surface area contributed by atoms with Crippen LogP contribution in [0, 0.1) is 37.8 Å². The summed E-state index contributed by atoms with van der Waals surface area (Å²) in [7, 11) is 0. The molecule has 0 saturated heterocycles. The first-order valence-electron chi connectivity index (χ1n) is 27.4. The van der Waals surface area contributed by atoms with Gasteiger partial charge >= 0.3 is 0 Å². The summed E-state index contributed by atoms with van der Waals surface area (Å²) in [5.74, 6) is 1.73. The van der Waals surface area contributed by atoms with Crippen molar-refractivity contribution >= 4 is 27.3 Å². The van der Waals surface area contributed by atoms with Crippen LogP contribution >= 0.6 is 0 Å². The molecule has 0 atom stereocenters. The van der Waals surface area contributed by atoms with E-state index in [0.717, 1.165) is 80.9 Å².